The molecule has 1 heterocycles. The molecule has 1 aliphatic heterocycles. The van der Waals surface area contributed by atoms with Gasteiger partial charge in [0.1, 0.15) is 0 Å². The second-order valence-electron chi connectivity index (χ2n) is 5.77. The van der Waals surface area contributed by atoms with Crippen LogP contribution in [0.2, 0.25) is 0 Å². The predicted octanol–water partition coefficient (Wildman–Crippen LogP) is 2.19. The molecule has 0 amide bonds. The van der Waals surface area contributed by atoms with Crippen molar-refractivity contribution < 1.29 is 14.1 Å². The molecule has 0 radical (unpaired) electrons. The Morgan fingerprint density at radius 3 is 2.17 bits per heavy atom. The standard InChI is InChI=1S/C14H19BO3/c1-10(16)11-7-6-8-12(9-11)15-17-13(2,3)14(4,5)18-15/h6-9H,1-5H3. The number of carbonyl (C=O) groups excluding carboxylic acids is 1. The number of rotatable bonds is 2. The first-order chi connectivity index (χ1) is 8.23. The van der Waals surface area contributed by atoms with E-state index in [0.29, 0.717) is 5.56 Å². The van der Waals surface area contributed by atoms with Crippen LogP contribution in [0.3, 0.4) is 0 Å². The molecule has 0 spiro atoms. The van der Waals surface area contributed by atoms with Crippen LogP contribution in [0.25, 0.3) is 0 Å². The molecule has 0 N–H and O–H groups in total. The van der Waals surface area contributed by atoms with Crippen LogP contribution >= 0.6 is 0 Å². The molecule has 0 atom stereocenters. The molecule has 1 saturated heterocycles. The molecular weight excluding hydrogens is 227 g/mol. The lowest BCUT2D eigenvalue weighted by molar-refractivity contribution is 0.00578. The van der Waals surface area contributed by atoms with Gasteiger partial charge in [0.15, 0.2) is 5.78 Å². The van der Waals surface area contributed by atoms with Gasteiger partial charge in [-0.05, 0) is 40.1 Å². The van der Waals surface area contributed by atoms with Crippen molar-refractivity contribution in [3.63, 3.8) is 0 Å². The van der Waals surface area contributed by atoms with E-state index in [4.69, 9.17) is 9.31 Å². The summed E-state index contributed by atoms with van der Waals surface area (Å²) in [5.74, 6) is 0.0494. The minimum atomic E-state index is -0.408. The van der Waals surface area contributed by atoms with Gasteiger partial charge in [-0.15, -0.1) is 0 Å². The van der Waals surface area contributed by atoms with Crippen LogP contribution in [-0.2, 0) is 9.31 Å². The quantitative estimate of drug-likeness (QED) is 0.592. The van der Waals surface area contributed by atoms with Gasteiger partial charge in [0, 0.05) is 5.56 Å². The van der Waals surface area contributed by atoms with Gasteiger partial charge in [-0.3, -0.25) is 4.79 Å². The summed E-state index contributed by atoms with van der Waals surface area (Å²) in [5, 5.41) is 0. The summed E-state index contributed by atoms with van der Waals surface area (Å²) < 4.78 is 11.9. The summed E-state index contributed by atoms with van der Waals surface area (Å²) in [6.45, 7) is 9.62. The lowest BCUT2D eigenvalue weighted by Gasteiger charge is -2.32. The minimum absolute atomic E-state index is 0.0494. The molecule has 0 aromatic heterocycles. The smallest absolute Gasteiger partial charge is 0.399 e. The van der Waals surface area contributed by atoms with Crippen molar-refractivity contribution in [3.8, 4) is 0 Å². The van der Waals surface area contributed by atoms with Crippen molar-refractivity contribution in [2.24, 2.45) is 0 Å². The van der Waals surface area contributed by atoms with Gasteiger partial charge < -0.3 is 9.31 Å². The number of hydrogen-bond donors (Lipinski definition) is 0. The normalized spacial score (nSPS) is 21.1. The summed E-state index contributed by atoms with van der Waals surface area (Å²) in [6.07, 6.45) is 0. The molecule has 1 fully saturated rings. The number of hydrogen-bond acceptors (Lipinski definition) is 3. The minimum Gasteiger partial charge on any atom is -0.399 e. The molecule has 0 saturated carbocycles. The molecule has 3 nitrogen and oxygen atoms in total. The van der Waals surface area contributed by atoms with Gasteiger partial charge in [0.25, 0.3) is 0 Å². The fourth-order valence-electron chi connectivity index (χ4n) is 1.88. The van der Waals surface area contributed by atoms with E-state index in [9.17, 15) is 4.79 Å². The Bertz CT molecular complexity index is 464. The average Bonchev–Trinajstić information content (AvgIpc) is 2.48. The Hall–Kier alpha value is -1.13. The third-order valence-corrected chi connectivity index (χ3v) is 3.82. The molecule has 1 aromatic carbocycles. The van der Waals surface area contributed by atoms with Crippen LogP contribution in [0.1, 0.15) is 45.0 Å². The van der Waals surface area contributed by atoms with E-state index in [1.807, 2.05) is 45.9 Å². The molecule has 1 aromatic rings. The predicted molar refractivity (Wildman–Crippen MR) is 72.2 cm³/mol. The van der Waals surface area contributed by atoms with Crippen LogP contribution in [0.4, 0.5) is 0 Å². The molecule has 0 unspecified atom stereocenters. The van der Waals surface area contributed by atoms with Gasteiger partial charge in [0.2, 0.25) is 0 Å². The first-order valence-corrected chi connectivity index (χ1v) is 6.19. The fourth-order valence-corrected chi connectivity index (χ4v) is 1.88. The maximum absolute atomic E-state index is 11.4. The third kappa shape index (κ3) is 2.23. The Balaban J connectivity index is 2.30. The van der Waals surface area contributed by atoms with Crippen molar-refractivity contribution in [1.82, 2.24) is 0 Å². The zero-order valence-corrected chi connectivity index (χ0v) is 11.6. The lowest BCUT2D eigenvalue weighted by atomic mass is 9.78. The first kappa shape index (κ1) is 13.3. The Labute approximate surface area is 109 Å². The van der Waals surface area contributed by atoms with E-state index in [2.05, 4.69) is 0 Å². The van der Waals surface area contributed by atoms with Crippen molar-refractivity contribution in [2.75, 3.05) is 0 Å². The van der Waals surface area contributed by atoms with Gasteiger partial charge >= 0.3 is 7.12 Å². The molecule has 1 aliphatic rings. The van der Waals surface area contributed by atoms with Crippen molar-refractivity contribution in [2.45, 2.75) is 45.8 Å². The van der Waals surface area contributed by atoms with Crippen molar-refractivity contribution in [1.29, 1.82) is 0 Å². The van der Waals surface area contributed by atoms with Crippen LogP contribution in [0.5, 0.6) is 0 Å². The summed E-state index contributed by atoms with van der Waals surface area (Å²) in [6, 6.07) is 7.42. The van der Waals surface area contributed by atoms with Gasteiger partial charge in [-0.1, -0.05) is 24.3 Å². The summed E-state index contributed by atoms with van der Waals surface area (Å²) >= 11 is 0. The second-order valence-corrected chi connectivity index (χ2v) is 5.77. The Morgan fingerprint density at radius 1 is 1.11 bits per heavy atom. The third-order valence-electron chi connectivity index (χ3n) is 3.82. The molecule has 0 aliphatic carbocycles. The molecule has 2 rings (SSSR count). The number of carbonyl (C=O) groups is 1. The zero-order valence-electron chi connectivity index (χ0n) is 11.6. The van der Waals surface area contributed by atoms with E-state index in [1.54, 1.807) is 13.0 Å². The summed E-state index contributed by atoms with van der Waals surface area (Å²) in [7, 11) is -0.408. The topological polar surface area (TPSA) is 35.5 Å². The molecule has 18 heavy (non-hydrogen) atoms. The van der Waals surface area contributed by atoms with Gasteiger partial charge in [0.05, 0.1) is 11.2 Å². The van der Waals surface area contributed by atoms with Crippen LogP contribution in [0, 0.1) is 0 Å². The number of Topliss-reactive ketones (excluding diaryl/α,β-unsaturated/α-hetero) is 1. The fraction of sp³-hybridized carbons (Fsp3) is 0.500. The maximum atomic E-state index is 11.4. The summed E-state index contributed by atoms with van der Waals surface area (Å²) in [5.41, 5.74) is 0.858. The largest absolute Gasteiger partial charge is 0.494 e. The van der Waals surface area contributed by atoms with E-state index < -0.39 is 7.12 Å². The van der Waals surface area contributed by atoms with Crippen molar-refractivity contribution >= 4 is 18.4 Å². The van der Waals surface area contributed by atoms with Gasteiger partial charge in [-0.2, -0.15) is 0 Å². The highest BCUT2D eigenvalue weighted by Gasteiger charge is 2.51. The lowest BCUT2D eigenvalue weighted by Crippen LogP contribution is -2.41. The Morgan fingerprint density at radius 2 is 1.67 bits per heavy atom. The number of benzene rings is 1. The molecule has 0 bridgehead atoms. The Kier molecular flexibility index (Phi) is 3.12. The van der Waals surface area contributed by atoms with Crippen molar-refractivity contribution in [3.05, 3.63) is 29.8 Å². The summed E-state index contributed by atoms with van der Waals surface area (Å²) in [4.78, 5) is 11.4. The second kappa shape index (κ2) is 4.21. The first-order valence-electron chi connectivity index (χ1n) is 6.19. The molecule has 4 heteroatoms. The van der Waals surface area contributed by atoms with Crippen LogP contribution < -0.4 is 5.46 Å². The highest BCUT2D eigenvalue weighted by atomic mass is 16.7. The van der Waals surface area contributed by atoms with Crippen LogP contribution in [0.15, 0.2) is 24.3 Å². The zero-order chi connectivity index (χ0) is 13.6. The van der Waals surface area contributed by atoms with E-state index >= 15 is 0 Å². The highest BCUT2D eigenvalue weighted by molar-refractivity contribution is 6.62. The molecule has 96 valence electrons. The SMILES string of the molecule is CC(=O)c1cccc(B2OC(C)(C)C(C)(C)O2)c1. The van der Waals surface area contributed by atoms with E-state index in [0.717, 1.165) is 5.46 Å². The monoisotopic (exact) mass is 246 g/mol. The maximum Gasteiger partial charge on any atom is 0.494 e. The van der Waals surface area contributed by atoms with Crippen LogP contribution in [-0.4, -0.2) is 24.1 Å². The van der Waals surface area contributed by atoms with Gasteiger partial charge in [-0.25, -0.2) is 0 Å². The molecular formula is C14H19BO3. The highest BCUT2D eigenvalue weighted by Crippen LogP contribution is 2.36. The number of ketones is 1. The average molecular weight is 246 g/mol. The van der Waals surface area contributed by atoms with E-state index in [1.165, 1.54) is 0 Å². The van der Waals surface area contributed by atoms with E-state index in [-0.39, 0.29) is 17.0 Å².